The molecule has 1 rings (SSSR count). The first-order valence-corrected chi connectivity index (χ1v) is 4.33. The highest BCUT2D eigenvalue weighted by Gasteiger charge is 2.07. The summed E-state index contributed by atoms with van der Waals surface area (Å²) in [6, 6.07) is 9.16. The number of carbonyl (C=O) groups excluding carboxylic acids is 2. The molecule has 0 aromatic heterocycles. The van der Waals surface area contributed by atoms with E-state index in [0.717, 1.165) is 5.56 Å². The predicted octanol–water partition coefficient (Wildman–Crippen LogP) is 0.946. The zero-order valence-electron chi connectivity index (χ0n) is 8.27. The third-order valence-electron chi connectivity index (χ3n) is 1.73. The van der Waals surface area contributed by atoms with Crippen LogP contribution in [-0.2, 0) is 14.3 Å². The normalized spacial score (nSPS) is 10.6. The third kappa shape index (κ3) is 3.27. The van der Waals surface area contributed by atoms with Crippen molar-refractivity contribution in [2.24, 2.45) is 0 Å². The van der Waals surface area contributed by atoms with Crippen molar-refractivity contribution in [1.82, 2.24) is 5.32 Å². The van der Waals surface area contributed by atoms with Gasteiger partial charge in [-0.15, -0.1) is 0 Å². The zero-order valence-corrected chi connectivity index (χ0v) is 8.27. The number of esters is 1. The Bertz CT molecular complexity index is 371. The molecule has 0 fully saturated rings. The van der Waals surface area contributed by atoms with Crippen LogP contribution in [0.25, 0.3) is 6.08 Å². The van der Waals surface area contributed by atoms with E-state index < -0.39 is 5.97 Å². The molecule has 0 saturated heterocycles. The maximum atomic E-state index is 11.2. The Morgan fingerprint density at radius 2 is 2.00 bits per heavy atom. The molecule has 4 heteroatoms. The number of benzene rings is 1. The fourth-order valence-corrected chi connectivity index (χ4v) is 1.05. The zero-order chi connectivity index (χ0) is 11.1. The molecule has 0 bridgehead atoms. The first-order chi connectivity index (χ1) is 7.27. The maximum Gasteiger partial charge on any atom is 0.354 e. The summed E-state index contributed by atoms with van der Waals surface area (Å²) in [4.78, 5) is 21.5. The van der Waals surface area contributed by atoms with Crippen LogP contribution in [0.5, 0.6) is 0 Å². The Balaban J connectivity index is 2.93. The van der Waals surface area contributed by atoms with Gasteiger partial charge in [-0.1, -0.05) is 30.3 Å². The first-order valence-electron chi connectivity index (χ1n) is 4.33. The standard InChI is InChI=1S/C11H11NO3/c1-15-11(14)10(12-8-13)7-9-5-3-2-4-6-9/h2-8H,1H3,(H,12,13)/b10-7-. The third-order valence-corrected chi connectivity index (χ3v) is 1.73. The average Bonchev–Trinajstić information content (AvgIpc) is 2.29. The summed E-state index contributed by atoms with van der Waals surface area (Å²) in [5, 5.41) is 2.29. The number of hydrogen-bond acceptors (Lipinski definition) is 3. The number of hydrogen-bond donors (Lipinski definition) is 1. The molecule has 1 aromatic rings. The van der Waals surface area contributed by atoms with Crippen LogP contribution in [0.2, 0.25) is 0 Å². The highest BCUT2D eigenvalue weighted by molar-refractivity contribution is 5.95. The van der Waals surface area contributed by atoms with Crippen LogP contribution in [0.3, 0.4) is 0 Å². The Labute approximate surface area is 87.6 Å². The van der Waals surface area contributed by atoms with Crippen molar-refractivity contribution in [3.8, 4) is 0 Å². The molecule has 0 atom stereocenters. The van der Waals surface area contributed by atoms with Crippen LogP contribution < -0.4 is 5.32 Å². The highest BCUT2D eigenvalue weighted by atomic mass is 16.5. The van der Waals surface area contributed by atoms with Gasteiger partial charge in [0.15, 0.2) is 0 Å². The van der Waals surface area contributed by atoms with E-state index in [4.69, 9.17) is 0 Å². The van der Waals surface area contributed by atoms with Gasteiger partial charge in [0.2, 0.25) is 6.41 Å². The lowest BCUT2D eigenvalue weighted by Crippen LogP contribution is -2.19. The Hall–Kier alpha value is -2.10. The number of ether oxygens (including phenoxy) is 1. The molecular formula is C11H11NO3. The van der Waals surface area contributed by atoms with Gasteiger partial charge in [-0.2, -0.15) is 0 Å². The van der Waals surface area contributed by atoms with Gasteiger partial charge in [-0.25, -0.2) is 4.79 Å². The lowest BCUT2D eigenvalue weighted by molar-refractivity contribution is -0.137. The fraction of sp³-hybridized carbons (Fsp3) is 0.0909. The monoisotopic (exact) mass is 205 g/mol. The SMILES string of the molecule is COC(=O)/C(=C/c1ccccc1)NC=O. The van der Waals surface area contributed by atoms with E-state index in [1.807, 2.05) is 30.3 Å². The fourth-order valence-electron chi connectivity index (χ4n) is 1.05. The van der Waals surface area contributed by atoms with Crippen molar-refractivity contribution in [1.29, 1.82) is 0 Å². The Kier molecular flexibility index (Phi) is 4.09. The summed E-state index contributed by atoms with van der Waals surface area (Å²) in [6.07, 6.45) is 1.98. The molecule has 0 spiro atoms. The second-order valence-electron chi connectivity index (χ2n) is 2.72. The Morgan fingerprint density at radius 1 is 1.33 bits per heavy atom. The quantitative estimate of drug-likeness (QED) is 0.452. The summed E-state index contributed by atoms with van der Waals surface area (Å²) in [5.41, 5.74) is 0.922. The van der Waals surface area contributed by atoms with Crippen molar-refractivity contribution in [3.63, 3.8) is 0 Å². The number of nitrogens with one attached hydrogen (secondary N) is 1. The van der Waals surface area contributed by atoms with Gasteiger partial charge in [0, 0.05) is 0 Å². The van der Waals surface area contributed by atoms with Gasteiger partial charge in [-0.3, -0.25) is 4.79 Å². The van der Waals surface area contributed by atoms with E-state index in [2.05, 4.69) is 10.1 Å². The molecule has 0 heterocycles. The molecule has 1 amide bonds. The number of carbonyl (C=O) groups is 2. The van der Waals surface area contributed by atoms with E-state index >= 15 is 0 Å². The summed E-state index contributed by atoms with van der Waals surface area (Å²) >= 11 is 0. The largest absolute Gasteiger partial charge is 0.464 e. The molecule has 0 unspecified atom stereocenters. The lowest BCUT2D eigenvalue weighted by atomic mass is 10.2. The van der Waals surface area contributed by atoms with Gasteiger partial charge in [-0.05, 0) is 11.6 Å². The van der Waals surface area contributed by atoms with Crippen molar-refractivity contribution in [2.75, 3.05) is 7.11 Å². The van der Waals surface area contributed by atoms with E-state index in [-0.39, 0.29) is 5.70 Å². The van der Waals surface area contributed by atoms with Gasteiger partial charge in [0.25, 0.3) is 0 Å². The molecule has 0 saturated carbocycles. The van der Waals surface area contributed by atoms with Crippen LogP contribution >= 0.6 is 0 Å². The van der Waals surface area contributed by atoms with Gasteiger partial charge >= 0.3 is 5.97 Å². The minimum absolute atomic E-state index is 0.110. The van der Waals surface area contributed by atoms with Crippen LogP contribution in [0.1, 0.15) is 5.56 Å². The molecule has 0 aliphatic heterocycles. The first kappa shape index (κ1) is 11.0. The second kappa shape index (κ2) is 5.59. The maximum absolute atomic E-state index is 11.2. The molecule has 0 aliphatic rings. The van der Waals surface area contributed by atoms with E-state index in [9.17, 15) is 9.59 Å². The van der Waals surface area contributed by atoms with Crippen molar-refractivity contribution in [3.05, 3.63) is 41.6 Å². The van der Waals surface area contributed by atoms with Crippen molar-refractivity contribution in [2.45, 2.75) is 0 Å². The van der Waals surface area contributed by atoms with Gasteiger partial charge < -0.3 is 10.1 Å². The molecule has 78 valence electrons. The predicted molar refractivity (Wildman–Crippen MR) is 55.6 cm³/mol. The van der Waals surface area contributed by atoms with Gasteiger partial charge in [0.05, 0.1) is 7.11 Å². The van der Waals surface area contributed by atoms with Crippen LogP contribution in [0.15, 0.2) is 36.0 Å². The highest BCUT2D eigenvalue weighted by Crippen LogP contribution is 2.05. The number of rotatable bonds is 4. The minimum atomic E-state index is -0.578. The molecule has 15 heavy (non-hydrogen) atoms. The van der Waals surface area contributed by atoms with E-state index in [0.29, 0.717) is 6.41 Å². The molecule has 0 radical (unpaired) electrons. The van der Waals surface area contributed by atoms with Crippen LogP contribution in [0.4, 0.5) is 0 Å². The summed E-state index contributed by atoms with van der Waals surface area (Å²) in [5.74, 6) is -0.578. The molecule has 0 aliphatic carbocycles. The molecular weight excluding hydrogens is 194 g/mol. The summed E-state index contributed by atoms with van der Waals surface area (Å²) in [6.45, 7) is 0. The Morgan fingerprint density at radius 3 is 2.53 bits per heavy atom. The lowest BCUT2D eigenvalue weighted by Gasteiger charge is -2.02. The van der Waals surface area contributed by atoms with E-state index in [1.165, 1.54) is 7.11 Å². The number of amides is 1. The number of methoxy groups -OCH3 is 1. The molecule has 1 aromatic carbocycles. The summed E-state index contributed by atoms with van der Waals surface area (Å²) in [7, 11) is 1.26. The van der Waals surface area contributed by atoms with Crippen molar-refractivity contribution < 1.29 is 14.3 Å². The molecule has 4 nitrogen and oxygen atoms in total. The van der Waals surface area contributed by atoms with Crippen molar-refractivity contribution >= 4 is 18.5 Å². The van der Waals surface area contributed by atoms with Crippen LogP contribution in [0, 0.1) is 0 Å². The topological polar surface area (TPSA) is 55.4 Å². The molecule has 1 N–H and O–H groups in total. The second-order valence-corrected chi connectivity index (χ2v) is 2.72. The van der Waals surface area contributed by atoms with Gasteiger partial charge in [0.1, 0.15) is 5.70 Å². The average molecular weight is 205 g/mol. The summed E-state index contributed by atoms with van der Waals surface area (Å²) < 4.78 is 4.51. The smallest absolute Gasteiger partial charge is 0.354 e. The minimum Gasteiger partial charge on any atom is -0.464 e. The van der Waals surface area contributed by atoms with Crippen LogP contribution in [-0.4, -0.2) is 19.5 Å². The van der Waals surface area contributed by atoms with E-state index in [1.54, 1.807) is 6.08 Å².